The fraction of sp³-hybridized carbons (Fsp3) is 0.300. The van der Waals surface area contributed by atoms with Crippen molar-refractivity contribution in [1.82, 2.24) is 25.1 Å². The van der Waals surface area contributed by atoms with Gasteiger partial charge in [-0.1, -0.05) is 42.5 Å². The van der Waals surface area contributed by atoms with E-state index in [-0.39, 0.29) is 11.7 Å². The van der Waals surface area contributed by atoms with Gasteiger partial charge in [0.15, 0.2) is 0 Å². The molecule has 1 fully saturated rings. The van der Waals surface area contributed by atoms with Crippen molar-refractivity contribution in [3.63, 3.8) is 0 Å². The Hall–Kier alpha value is -3.29. The summed E-state index contributed by atoms with van der Waals surface area (Å²) in [7, 11) is 0. The Balaban J connectivity index is 1.47. The molecule has 144 valence electrons. The molecule has 1 unspecified atom stereocenters. The van der Waals surface area contributed by atoms with Crippen LogP contribution in [0.25, 0.3) is 0 Å². The van der Waals surface area contributed by atoms with Crippen LogP contribution in [0.2, 0.25) is 0 Å². The molecule has 1 amide bonds. The number of hydrogen-bond donors (Lipinski definition) is 0. The molecule has 1 atom stereocenters. The number of para-hydroxylation sites is 1. The van der Waals surface area contributed by atoms with E-state index in [4.69, 9.17) is 0 Å². The van der Waals surface area contributed by atoms with Crippen molar-refractivity contribution in [2.24, 2.45) is 0 Å². The number of aromatic nitrogens is 4. The van der Waals surface area contributed by atoms with Crippen LogP contribution in [0.5, 0.6) is 0 Å². The lowest BCUT2D eigenvalue weighted by Gasteiger charge is -2.37. The van der Waals surface area contributed by atoms with Crippen molar-refractivity contribution in [3.8, 4) is 0 Å². The van der Waals surface area contributed by atoms with E-state index in [1.165, 1.54) is 17.1 Å². The molecule has 0 spiro atoms. The highest BCUT2D eigenvalue weighted by Crippen LogP contribution is 2.22. The van der Waals surface area contributed by atoms with E-state index in [1.54, 1.807) is 12.1 Å². The first-order valence-electron chi connectivity index (χ1n) is 9.27. The van der Waals surface area contributed by atoms with Crippen LogP contribution in [0.1, 0.15) is 11.6 Å². The minimum absolute atomic E-state index is 0.0238. The molecule has 7 nitrogen and oxygen atoms in total. The third kappa shape index (κ3) is 3.85. The van der Waals surface area contributed by atoms with Crippen molar-refractivity contribution in [1.29, 1.82) is 0 Å². The summed E-state index contributed by atoms with van der Waals surface area (Å²) in [6.45, 7) is 2.22. The summed E-state index contributed by atoms with van der Waals surface area (Å²) in [4.78, 5) is 17.0. The van der Waals surface area contributed by atoms with Gasteiger partial charge in [-0.3, -0.25) is 4.79 Å². The van der Waals surface area contributed by atoms with Gasteiger partial charge in [-0.15, -0.1) is 5.10 Å². The molecule has 1 aromatic heterocycles. The Morgan fingerprint density at radius 3 is 2.39 bits per heavy atom. The molecule has 0 N–H and O–H groups in total. The number of benzene rings is 2. The highest BCUT2D eigenvalue weighted by Gasteiger charge is 2.30. The van der Waals surface area contributed by atoms with Gasteiger partial charge in [0.25, 0.3) is 0 Å². The molecule has 1 saturated heterocycles. The number of nitrogens with zero attached hydrogens (tertiary/aromatic N) is 6. The van der Waals surface area contributed by atoms with E-state index >= 15 is 0 Å². The second kappa shape index (κ2) is 8.16. The van der Waals surface area contributed by atoms with Gasteiger partial charge in [0.05, 0.1) is 5.69 Å². The Morgan fingerprint density at radius 2 is 1.71 bits per heavy atom. The van der Waals surface area contributed by atoms with Crippen LogP contribution in [0.15, 0.2) is 60.9 Å². The summed E-state index contributed by atoms with van der Waals surface area (Å²) in [6, 6.07) is 16.0. The first-order valence-corrected chi connectivity index (χ1v) is 9.27. The number of rotatable bonds is 5. The molecule has 1 aliphatic rings. The van der Waals surface area contributed by atoms with Crippen LogP contribution in [0, 0.1) is 5.82 Å². The fourth-order valence-electron chi connectivity index (χ4n) is 3.53. The molecule has 0 aliphatic carbocycles. The zero-order valence-electron chi connectivity index (χ0n) is 15.4. The summed E-state index contributed by atoms with van der Waals surface area (Å²) in [5.74, 6) is -0.262. The normalized spacial score (nSPS) is 15.5. The second-order valence-electron chi connectivity index (χ2n) is 6.76. The number of hydrogen-bond acceptors (Lipinski definition) is 5. The Bertz CT molecular complexity index is 909. The summed E-state index contributed by atoms with van der Waals surface area (Å²) in [5.41, 5.74) is 1.62. The van der Waals surface area contributed by atoms with Gasteiger partial charge in [-0.05, 0) is 28.1 Å². The van der Waals surface area contributed by atoms with Gasteiger partial charge in [0, 0.05) is 32.6 Å². The van der Waals surface area contributed by atoms with Crippen molar-refractivity contribution < 1.29 is 9.18 Å². The molecule has 3 aromatic rings. The highest BCUT2D eigenvalue weighted by molar-refractivity contribution is 5.81. The maximum absolute atomic E-state index is 14.0. The maximum atomic E-state index is 14.0. The van der Waals surface area contributed by atoms with Gasteiger partial charge < -0.3 is 9.80 Å². The molecule has 0 saturated carbocycles. The van der Waals surface area contributed by atoms with Crippen molar-refractivity contribution in [3.05, 3.63) is 72.3 Å². The van der Waals surface area contributed by atoms with Gasteiger partial charge in [-0.25, -0.2) is 9.07 Å². The largest absolute Gasteiger partial charge is 0.366 e. The number of amides is 1. The minimum Gasteiger partial charge on any atom is -0.366 e. The van der Waals surface area contributed by atoms with Gasteiger partial charge in [0.2, 0.25) is 5.91 Å². The molecule has 2 heterocycles. The van der Waals surface area contributed by atoms with Crippen molar-refractivity contribution >= 4 is 11.6 Å². The van der Waals surface area contributed by atoms with E-state index in [0.717, 1.165) is 5.56 Å². The smallest absolute Gasteiger partial charge is 0.248 e. The van der Waals surface area contributed by atoms with E-state index < -0.39 is 6.04 Å². The number of carbonyl (C=O) groups is 1. The van der Waals surface area contributed by atoms with Crippen LogP contribution >= 0.6 is 0 Å². The second-order valence-corrected chi connectivity index (χ2v) is 6.76. The monoisotopic (exact) mass is 380 g/mol. The fourth-order valence-corrected chi connectivity index (χ4v) is 3.53. The molecule has 28 heavy (non-hydrogen) atoms. The lowest BCUT2D eigenvalue weighted by Crippen LogP contribution is -2.51. The average molecular weight is 380 g/mol. The lowest BCUT2D eigenvalue weighted by atomic mass is 10.0. The van der Waals surface area contributed by atoms with Gasteiger partial charge >= 0.3 is 0 Å². The molecular formula is C20H21FN6O. The van der Waals surface area contributed by atoms with Crippen LogP contribution in [-0.4, -0.2) is 57.2 Å². The minimum atomic E-state index is -0.502. The number of halogens is 1. The topological polar surface area (TPSA) is 67.2 Å². The molecular weight excluding hydrogens is 359 g/mol. The zero-order chi connectivity index (χ0) is 19.3. The van der Waals surface area contributed by atoms with E-state index in [1.807, 2.05) is 46.2 Å². The first-order chi connectivity index (χ1) is 13.7. The quantitative estimate of drug-likeness (QED) is 0.677. The molecule has 0 radical (unpaired) electrons. The predicted octanol–water partition coefficient (Wildman–Crippen LogP) is 1.94. The summed E-state index contributed by atoms with van der Waals surface area (Å²) >= 11 is 0. The van der Waals surface area contributed by atoms with Gasteiger partial charge in [0.1, 0.15) is 18.2 Å². The molecule has 2 aromatic carbocycles. The number of piperazine rings is 1. The lowest BCUT2D eigenvalue weighted by molar-refractivity contribution is -0.135. The molecule has 1 aliphatic heterocycles. The SMILES string of the molecule is O=C(C(Cc1ccccc1)n1cnnn1)N1CCN(c2ccccc2F)CC1. The van der Waals surface area contributed by atoms with Crippen LogP contribution < -0.4 is 4.90 Å². The number of carbonyl (C=O) groups excluding carboxylic acids is 1. The maximum Gasteiger partial charge on any atom is 0.248 e. The summed E-state index contributed by atoms with van der Waals surface area (Å²) in [5, 5.41) is 11.3. The zero-order valence-corrected chi connectivity index (χ0v) is 15.4. The van der Waals surface area contributed by atoms with E-state index in [9.17, 15) is 9.18 Å². The van der Waals surface area contributed by atoms with Crippen molar-refractivity contribution in [2.45, 2.75) is 12.5 Å². The molecule has 8 heteroatoms. The van der Waals surface area contributed by atoms with Gasteiger partial charge in [-0.2, -0.15) is 0 Å². The van der Waals surface area contributed by atoms with Crippen LogP contribution in [0.3, 0.4) is 0 Å². The Morgan fingerprint density at radius 1 is 1.00 bits per heavy atom. The third-order valence-electron chi connectivity index (χ3n) is 5.03. The Kier molecular flexibility index (Phi) is 5.27. The number of tetrazole rings is 1. The third-order valence-corrected chi connectivity index (χ3v) is 5.03. The summed E-state index contributed by atoms with van der Waals surface area (Å²) < 4.78 is 15.6. The van der Waals surface area contributed by atoms with Crippen molar-refractivity contribution in [2.75, 3.05) is 31.1 Å². The van der Waals surface area contributed by atoms with Crippen LogP contribution in [0.4, 0.5) is 10.1 Å². The number of anilines is 1. The predicted molar refractivity (Wildman–Crippen MR) is 102 cm³/mol. The molecule has 4 rings (SSSR count). The van der Waals surface area contributed by atoms with E-state index in [0.29, 0.717) is 38.3 Å². The Labute approximate surface area is 162 Å². The highest BCUT2D eigenvalue weighted by atomic mass is 19.1. The average Bonchev–Trinajstić information content (AvgIpc) is 3.27. The molecule has 0 bridgehead atoms. The summed E-state index contributed by atoms with van der Waals surface area (Å²) in [6.07, 6.45) is 1.99. The van der Waals surface area contributed by atoms with E-state index in [2.05, 4.69) is 15.5 Å². The van der Waals surface area contributed by atoms with Crippen LogP contribution in [-0.2, 0) is 11.2 Å². The first kappa shape index (κ1) is 18.1. The standard InChI is InChI=1S/C20H21FN6O/c21-17-8-4-5-9-18(17)25-10-12-26(13-11-25)20(28)19(27-15-22-23-24-27)14-16-6-2-1-3-7-16/h1-9,15,19H,10-14H2.